The van der Waals surface area contributed by atoms with Gasteiger partial charge in [0.25, 0.3) is 5.56 Å². The SMILES string of the molecule is CC(C)(NC(=O)Nc1ccc2nc[nH]c(=O)c2c1)c1cccs1. The molecule has 0 aliphatic rings. The van der Waals surface area contributed by atoms with E-state index in [2.05, 4.69) is 20.6 Å². The van der Waals surface area contributed by atoms with Gasteiger partial charge in [-0.15, -0.1) is 11.3 Å². The Labute approximate surface area is 136 Å². The van der Waals surface area contributed by atoms with E-state index in [9.17, 15) is 9.59 Å². The zero-order valence-electron chi connectivity index (χ0n) is 12.7. The molecule has 0 bridgehead atoms. The summed E-state index contributed by atoms with van der Waals surface area (Å²) in [7, 11) is 0. The number of carbonyl (C=O) groups excluding carboxylic acids is 1. The fourth-order valence-electron chi connectivity index (χ4n) is 2.29. The van der Waals surface area contributed by atoms with Crippen molar-refractivity contribution in [1.82, 2.24) is 15.3 Å². The van der Waals surface area contributed by atoms with Crippen LogP contribution in [0.25, 0.3) is 10.9 Å². The summed E-state index contributed by atoms with van der Waals surface area (Å²) in [6, 6.07) is 8.62. The van der Waals surface area contributed by atoms with E-state index < -0.39 is 5.54 Å². The maximum Gasteiger partial charge on any atom is 0.319 e. The van der Waals surface area contributed by atoms with Crippen molar-refractivity contribution in [3.8, 4) is 0 Å². The lowest BCUT2D eigenvalue weighted by molar-refractivity contribution is 0.242. The second-order valence-electron chi connectivity index (χ2n) is 5.65. The second-order valence-corrected chi connectivity index (χ2v) is 6.59. The number of thiophene rings is 1. The van der Waals surface area contributed by atoms with Crippen LogP contribution in [0.4, 0.5) is 10.5 Å². The Hall–Kier alpha value is -2.67. The normalized spacial score (nSPS) is 11.4. The number of rotatable bonds is 3. The number of carbonyl (C=O) groups is 1. The van der Waals surface area contributed by atoms with Crippen molar-refractivity contribution >= 4 is 34.0 Å². The molecule has 2 heterocycles. The predicted molar refractivity (Wildman–Crippen MR) is 91.9 cm³/mol. The molecule has 1 aromatic carbocycles. The summed E-state index contributed by atoms with van der Waals surface area (Å²) in [5, 5.41) is 8.09. The monoisotopic (exact) mass is 328 g/mol. The third-order valence-corrected chi connectivity index (χ3v) is 4.66. The summed E-state index contributed by atoms with van der Waals surface area (Å²) in [6.07, 6.45) is 1.36. The van der Waals surface area contributed by atoms with Crippen LogP contribution in [0.3, 0.4) is 0 Å². The number of H-pyrrole nitrogens is 1. The van der Waals surface area contributed by atoms with Crippen molar-refractivity contribution < 1.29 is 4.79 Å². The first-order valence-electron chi connectivity index (χ1n) is 7.06. The lowest BCUT2D eigenvalue weighted by Crippen LogP contribution is -2.42. The number of hydrogen-bond acceptors (Lipinski definition) is 4. The third-order valence-electron chi connectivity index (χ3n) is 3.46. The van der Waals surface area contributed by atoms with Crippen molar-refractivity contribution in [3.63, 3.8) is 0 Å². The minimum atomic E-state index is -0.478. The van der Waals surface area contributed by atoms with Crippen LogP contribution in [0.2, 0.25) is 0 Å². The predicted octanol–water partition coefficient (Wildman–Crippen LogP) is 3.04. The van der Waals surface area contributed by atoms with Gasteiger partial charge >= 0.3 is 6.03 Å². The molecule has 0 spiro atoms. The van der Waals surface area contributed by atoms with Gasteiger partial charge in [-0.3, -0.25) is 4.79 Å². The molecule has 0 saturated carbocycles. The molecule has 2 aromatic heterocycles. The number of fused-ring (bicyclic) bond motifs is 1. The highest BCUT2D eigenvalue weighted by molar-refractivity contribution is 7.10. The van der Waals surface area contributed by atoms with E-state index in [-0.39, 0.29) is 11.6 Å². The van der Waals surface area contributed by atoms with Crippen LogP contribution in [0.5, 0.6) is 0 Å². The summed E-state index contributed by atoms with van der Waals surface area (Å²) < 4.78 is 0. The Balaban J connectivity index is 1.78. The van der Waals surface area contributed by atoms with Crippen molar-refractivity contribution in [2.75, 3.05) is 5.32 Å². The molecule has 118 valence electrons. The minimum absolute atomic E-state index is 0.238. The molecular weight excluding hydrogens is 312 g/mol. The van der Waals surface area contributed by atoms with Gasteiger partial charge in [-0.25, -0.2) is 9.78 Å². The molecule has 0 saturated heterocycles. The number of anilines is 1. The van der Waals surface area contributed by atoms with E-state index >= 15 is 0 Å². The first-order valence-corrected chi connectivity index (χ1v) is 7.94. The summed E-state index contributed by atoms with van der Waals surface area (Å²) in [5.74, 6) is 0. The summed E-state index contributed by atoms with van der Waals surface area (Å²) in [6.45, 7) is 3.88. The van der Waals surface area contributed by atoms with E-state index in [0.29, 0.717) is 16.6 Å². The molecule has 23 heavy (non-hydrogen) atoms. The van der Waals surface area contributed by atoms with E-state index in [4.69, 9.17) is 0 Å². The van der Waals surface area contributed by atoms with Crippen molar-refractivity contribution in [1.29, 1.82) is 0 Å². The van der Waals surface area contributed by atoms with Gasteiger partial charge < -0.3 is 15.6 Å². The molecule has 3 rings (SSSR count). The number of urea groups is 1. The quantitative estimate of drug-likeness (QED) is 0.690. The van der Waals surface area contributed by atoms with Gasteiger partial charge in [-0.1, -0.05) is 6.07 Å². The minimum Gasteiger partial charge on any atom is -0.328 e. The van der Waals surface area contributed by atoms with Gasteiger partial charge in [0, 0.05) is 10.6 Å². The second kappa shape index (κ2) is 5.85. The van der Waals surface area contributed by atoms with Gasteiger partial charge in [0.2, 0.25) is 0 Å². The van der Waals surface area contributed by atoms with Gasteiger partial charge in [0.15, 0.2) is 0 Å². The van der Waals surface area contributed by atoms with Gasteiger partial charge in [-0.2, -0.15) is 0 Å². The van der Waals surface area contributed by atoms with Crippen molar-refractivity contribution in [2.45, 2.75) is 19.4 Å². The lowest BCUT2D eigenvalue weighted by atomic mass is 10.0. The molecule has 3 aromatic rings. The molecule has 0 aliphatic carbocycles. The third kappa shape index (κ3) is 3.24. The smallest absolute Gasteiger partial charge is 0.319 e. The van der Waals surface area contributed by atoms with Crippen LogP contribution in [0.15, 0.2) is 46.8 Å². The molecule has 3 N–H and O–H groups in total. The first kappa shape index (κ1) is 15.2. The summed E-state index contributed by atoms with van der Waals surface area (Å²) in [4.78, 5) is 31.7. The number of benzene rings is 1. The highest BCUT2D eigenvalue weighted by atomic mass is 32.1. The molecule has 0 radical (unpaired) electrons. The van der Waals surface area contributed by atoms with Crippen LogP contribution in [-0.2, 0) is 5.54 Å². The number of nitrogens with one attached hydrogen (secondary N) is 3. The average Bonchev–Trinajstić information content (AvgIpc) is 3.02. The molecule has 6 nitrogen and oxygen atoms in total. The highest BCUT2D eigenvalue weighted by Crippen LogP contribution is 2.24. The molecule has 0 fully saturated rings. The zero-order valence-corrected chi connectivity index (χ0v) is 13.5. The maximum atomic E-state index is 12.2. The van der Waals surface area contributed by atoms with Crippen molar-refractivity contribution in [2.24, 2.45) is 0 Å². The molecule has 0 unspecified atom stereocenters. The van der Waals surface area contributed by atoms with E-state index in [1.165, 1.54) is 6.33 Å². The topological polar surface area (TPSA) is 86.9 Å². The van der Waals surface area contributed by atoms with Crippen molar-refractivity contribution in [3.05, 3.63) is 57.3 Å². The highest BCUT2D eigenvalue weighted by Gasteiger charge is 2.23. The van der Waals surface area contributed by atoms with E-state index in [1.807, 2.05) is 31.4 Å². The Morgan fingerprint density at radius 3 is 2.87 bits per heavy atom. The number of aromatic nitrogens is 2. The Bertz CT molecular complexity index is 900. The first-order chi connectivity index (χ1) is 11.0. The largest absolute Gasteiger partial charge is 0.328 e. The molecule has 0 atom stereocenters. The molecular formula is C16H16N4O2S. The van der Waals surface area contributed by atoms with E-state index in [0.717, 1.165) is 4.88 Å². The van der Waals surface area contributed by atoms with Crippen LogP contribution >= 0.6 is 11.3 Å². The maximum absolute atomic E-state index is 12.2. The van der Waals surface area contributed by atoms with Crippen LogP contribution in [-0.4, -0.2) is 16.0 Å². The Kier molecular flexibility index (Phi) is 3.87. The lowest BCUT2D eigenvalue weighted by Gasteiger charge is -2.25. The number of nitrogens with zero attached hydrogens (tertiary/aromatic N) is 1. The Morgan fingerprint density at radius 2 is 2.13 bits per heavy atom. The molecule has 2 amide bonds. The zero-order chi connectivity index (χ0) is 16.4. The van der Waals surface area contributed by atoms with Crippen LogP contribution in [0.1, 0.15) is 18.7 Å². The fraction of sp³-hybridized carbons (Fsp3) is 0.188. The van der Waals surface area contributed by atoms with E-state index in [1.54, 1.807) is 29.5 Å². The number of amides is 2. The van der Waals surface area contributed by atoms with Gasteiger partial charge in [-0.05, 0) is 43.5 Å². The van der Waals surface area contributed by atoms with Crippen LogP contribution < -0.4 is 16.2 Å². The number of hydrogen-bond donors (Lipinski definition) is 3. The molecule has 7 heteroatoms. The van der Waals surface area contributed by atoms with Gasteiger partial charge in [0.05, 0.1) is 22.8 Å². The number of aromatic amines is 1. The van der Waals surface area contributed by atoms with Crippen LogP contribution in [0, 0.1) is 0 Å². The fourth-order valence-corrected chi connectivity index (χ4v) is 3.09. The molecule has 0 aliphatic heterocycles. The Morgan fingerprint density at radius 1 is 1.30 bits per heavy atom. The average molecular weight is 328 g/mol. The standard InChI is InChI=1S/C16H16N4O2S/c1-16(2,13-4-3-7-23-13)20-15(22)19-10-5-6-12-11(8-10)14(21)18-9-17-12/h3-9H,1-2H3,(H,17,18,21)(H2,19,20,22). The summed E-state index contributed by atoms with van der Waals surface area (Å²) >= 11 is 1.59. The van der Waals surface area contributed by atoms with Gasteiger partial charge in [0.1, 0.15) is 0 Å². The summed E-state index contributed by atoms with van der Waals surface area (Å²) in [5.41, 5.74) is 0.404.